The van der Waals surface area contributed by atoms with Crippen molar-refractivity contribution in [2.24, 2.45) is 0 Å². The Balaban J connectivity index is 3.18. The van der Waals surface area contributed by atoms with Crippen LogP contribution in [0.3, 0.4) is 0 Å². The monoisotopic (exact) mass is 280 g/mol. The topological polar surface area (TPSA) is 37.3 Å². The van der Waals surface area contributed by atoms with E-state index in [0.717, 1.165) is 0 Å². The van der Waals surface area contributed by atoms with E-state index in [1.54, 1.807) is 0 Å². The highest BCUT2D eigenvalue weighted by Crippen LogP contribution is 2.26. The zero-order valence-electron chi connectivity index (χ0n) is 7.06. The number of hydrogen-bond donors (Lipinski definition) is 1. The van der Waals surface area contributed by atoms with E-state index in [9.17, 15) is 9.18 Å². The van der Waals surface area contributed by atoms with Crippen LogP contribution in [0.1, 0.15) is 11.1 Å². The van der Waals surface area contributed by atoms with Gasteiger partial charge in [-0.3, -0.25) is 4.79 Å². The van der Waals surface area contributed by atoms with Crippen LogP contribution in [-0.2, 0) is 16.5 Å². The molecule has 1 aromatic rings. The first-order chi connectivity index (χ1) is 6.56. The van der Waals surface area contributed by atoms with Crippen molar-refractivity contribution in [3.8, 4) is 0 Å². The largest absolute Gasteiger partial charge is 0.481 e. The molecule has 0 aliphatic rings. The summed E-state index contributed by atoms with van der Waals surface area (Å²) >= 11 is 9.00. The maximum absolute atomic E-state index is 13.2. The first-order valence-electron chi connectivity index (χ1n) is 3.79. The average Bonchev–Trinajstić information content (AvgIpc) is 2.12. The van der Waals surface area contributed by atoms with Crippen LogP contribution in [-0.4, -0.2) is 11.1 Å². The van der Waals surface area contributed by atoms with Gasteiger partial charge in [-0.05, 0) is 11.6 Å². The molecule has 0 bridgehead atoms. The van der Waals surface area contributed by atoms with Crippen LogP contribution in [0.15, 0.2) is 12.1 Å². The van der Waals surface area contributed by atoms with Crippen molar-refractivity contribution in [2.45, 2.75) is 11.8 Å². The third kappa shape index (κ3) is 2.45. The Kier molecular flexibility index (Phi) is 3.89. The molecule has 1 aromatic carbocycles. The third-order valence-corrected chi connectivity index (χ3v) is 2.81. The third-order valence-electron chi connectivity index (χ3n) is 1.74. The molecule has 0 radical (unpaired) electrons. The molecule has 0 aliphatic heterocycles. The fraction of sp³-hybridized carbons (Fsp3) is 0.222. The number of hydrogen-bond acceptors (Lipinski definition) is 1. The van der Waals surface area contributed by atoms with Gasteiger partial charge in [-0.25, -0.2) is 4.39 Å². The van der Waals surface area contributed by atoms with Crippen LogP contribution in [0.25, 0.3) is 0 Å². The van der Waals surface area contributed by atoms with Crippen molar-refractivity contribution < 1.29 is 14.3 Å². The van der Waals surface area contributed by atoms with Crippen molar-refractivity contribution in [1.82, 2.24) is 0 Å². The fourth-order valence-electron chi connectivity index (χ4n) is 1.06. The zero-order chi connectivity index (χ0) is 10.7. The van der Waals surface area contributed by atoms with Gasteiger partial charge < -0.3 is 5.11 Å². The highest BCUT2D eigenvalue weighted by molar-refractivity contribution is 9.08. The van der Waals surface area contributed by atoms with Crippen molar-refractivity contribution in [3.63, 3.8) is 0 Å². The summed E-state index contributed by atoms with van der Waals surface area (Å²) in [6.45, 7) is 0. The molecule has 0 saturated heterocycles. The molecule has 1 rings (SSSR count). The van der Waals surface area contributed by atoms with E-state index < -0.39 is 18.2 Å². The molecule has 2 nitrogen and oxygen atoms in total. The highest BCUT2D eigenvalue weighted by Gasteiger charge is 2.13. The molecule has 76 valence electrons. The van der Waals surface area contributed by atoms with Gasteiger partial charge in [0.25, 0.3) is 0 Å². The van der Waals surface area contributed by atoms with Gasteiger partial charge >= 0.3 is 5.97 Å². The second kappa shape index (κ2) is 4.75. The first kappa shape index (κ1) is 11.5. The Morgan fingerprint density at radius 2 is 2.21 bits per heavy atom. The van der Waals surface area contributed by atoms with Gasteiger partial charge in [0.05, 0.1) is 11.4 Å². The molecule has 1 N–H and O–H groups in total. The number of carboxylic acid groups (broad SMARTS) is 1. The van der Waals surface area contributed by atoms with E-state index in [-0.39, 0.29) is 10.6 Å². The number of halogens is 3. The van der Waals surface area contributed by atoms with E-state index >= 15 is 0 Å². The molecular weight excluding hydrogens is 274 g/mol. The molecule has 5 heteroatoms. The van der Waals surface area contributed by atoms with E-state index in [0.29, 0.717) is 10.9 Å². The summed E-state index contributed by atoms with van der Waals surface area (Å²) < 4.78 is 13.2. The Morgan fingerprint density at radius 3 is 2.71 bits per heavy atom. The van der Waals surface area contributed by atoms with E-state index in [1.165, 1.54) is 12.1 Å². The van der Waals surface area contributed by atoms with Crippen molar-refractivity contribution in [2.75, 3.05) is 0 Å². The Bertz CT molecular complexity index is 368. The molecule has 14 heavy (non-hydrogen) atoms. The first-order valence-corrected chi connectivity index (χ1v) is 5.29. The second-order valence-corrected chi connectivity index (χ2v) is 3.64. The van der Waals surface area contributed by atoms with Gasteiger partial charge in [0.15, 0.2) is 0 Å². The average molecular weight is 282 g/mol. The summed E-state index contributed by atoms with van der Waals surface area (Å²) in [6.07, 6.45) is -0.397. The van der Waals surface area contributed by atoms with Crippen LogP contribution in [0.5, 0.6) is 0 Å². The number of rotatable bonds is 3. The lowest BCUT2D eigenvalue weighted by Gasteiger charge is -2.06. The quantitative estimate of drug-likeness (QED) is 0.865. The Morgan fingerprint density at radius 1 is 1.57 bits per heavy atom. The van der Waals surface area contributed by atoms with Gasteiger partial charge in [-0.15, -0.1) is 0 Å². The minimum atomic E-state index is -1.10. The molecule has 0 spiro atoms. The van der Waals surface area contributed by atoms with Crippen LogP contribution in [0.2, 0.25) is 5.02 Å². The summed E-state index contributed by atoms with van der Waals surface area (Å²) in [7, 11) is 0. The Labute approximate surface area is 93.8 Å². The van der Waals surface area contributed by atoms with Crippen LogP contribution in [0.4, 0.5) is 4.39 Å². The predicted molar refractivity (Wildman–Crippen MR) is 55.4 cm³/mol. The summed E-state index contributed by atoms with van der Waals surface area (Å²) in [5.41, 5.74) is 0.723. The molecule has 0 saturated carbocycles. The minimum absolute atomic E-state index is 0.0381. The van der Waals surface area contributed by atoms with Gasteiger partial charge in [0.2, 0.25) is 0 Å². The van der Waals surface area contributed by atoms with Crippen molar-refractivity contribution in [1.29, 1.82) is 0 Å². The predicted octanol–water partition coefficient (Wildman–Crippen LogP) is 3.00. The number of carbonyl (C=O) groups is 1. The molecule has 0 unspecified atom stereocenters. The van der Waals surface area contributed by atoms with Crippen LogP contribution >= 0.6 is 27.5 Å². The SMILES string of the molecule is O=C(O)Cc1c(F)ccc(CBr)c1Cl. The molecule has 0 heterocycles. The van der Waals surface area contributed by atoms with Gasteiger partial charge in [0.1, 0.15) is 5.82 Å². The lowest BCUT2D eigenvalue weighted by molar-refractivity contribution is -0.136. The van der Waals surface area contributed by atoms with Crippen molar-refractivity contribution in [3.05, 3.63) is 34.1 Å². The van der Waals surface area contributed by atoms with Crippen LogP contribution < -0.4 is 0 Å². The second-order valence-electron chi connectivity index (χ2n) is 2.70. The van der Waals surface area contributed by atoms with E-state index in [2.05, 4.69) is 15.9 Å². The molecule has 0 fully saturated rings. The van der Waals surface area contributed by atoms with Gasteiger partial charge in [-0.2, -0.15) is 0 Å². The number of aliphatic carboxylic acids is 1. The summed E-state index contributed by atoms with van der Waals surface area (Å²) in [6, 6.07) is 2.75. The summed E-state index contributed by atoms with van der Waals surface area (Å²) in [4.78, 5) is 10.4. The lowest BCUT2D eigenvalue weighted by Crippen LogP contribution is -2.04. The normalized spacial score (nSPS) is 10.2. The standard InChI is InChI=1S/C9H7BrClFO2/c10-4-5-1-2-7(12)6(9(5)11)3-8(13)14/h1-2H,3-4H2,(H,13,14). The van der Waals surface area contributed by atoms with E-state index in [1.807, 2.05) is 0 Å². The fourth-order valence-corrected chi connectivity index (χ4v) is 1.98. The zero-order valence-corrected chi connectivity index (χ0v) is 9.40. The number of carboxylic acids is 1. The molecule has 0 aromatic heterocycles. The minimum Gasteiger partial charge on any atom is -0.481 e. The summed E-state index contributed by atoms with van der Waals surface area (Å²) in [5.74, 6) is -1.68. The number of benzene rings is 1. The van der Waals surface area contributed by atoms with Crippen molar-refractivity contribution >= 4 is 33.5 Å². The molecular formula is C9H7BrClFO2. The lowest BCUT2D eigenvalue weighted by atomic mass is 10.1. The summed E-state index contributed by atoms with van der Waals surface area (Å²) in [5, 5.41) is 9.20. The molecule has 0 aliphatic carbocycles. The van der Waals surface area contributed by atoms with Crippen LogP contribution in [0, 0.1) is 5.82 Å². The van der Waals surface area contributed by atoms with Gasteiger partial charge in [-0.1, -0.05) is 33.6 Å². The maximum atomic E-state index is 13.2. The van der Waals surface area contributed by atoms with E-state index in [4.69, 9.17) is 16.7 Å². The molecule has 0 amide bonds. The number of alkyl halides is 1. The Hall–Kier alpha value is -0.610. The maximum Gasteiger partial charge on any atom is 0.307 e. The smallest absolute Gasteiger partial charge is 0.307 e. The highest BCUT2D eigenvalue weighted by atomic mass is 79.9. The molecule has 0 atom stereocenters. The van der Waals surface area contributed by atoms with Gasteiger partial charge in [0, 0.05) is 10.9 Å².